The fourth-order valence-electron chi connectivity index (χ4n) is 1.67. The van der Waals surface area contributed by atoms with Crippen LogP contribution < -0.4 is 4.18 Å². The van der Waals surface area contributed by atoms with Crippen LogP contribution in [0.25, 0.3) is 11.1 Å². The second-order valence-electron chi connectivity index (χ2n) is 4.65. The van der Waals surface area contributed by atoms with E-state index in [2.05, 4.69) is 0 Å². The Morgan fingerprint density at radius 1 is 0.955 bits per heavy atom. The molecule has 0 spiro atoms. The topological polar surface area (TPSA) is 89.8 Å². The Labute approximate surface area is 128 Å². The van der Waals surface area contributed by atoms with Crippen molar-refractivity contribution in [3.05, 3.63) is 58.6 Å². The molecular weight excluding hydrogens is 308 g/mol. The van der Waals surface area contributed by atoms with Gasteiger partial charge in [-0.25, -0.2) is 0 Å². The van der Waals surface area contributed by atoms with Crippen LogP contribution in [0.5, 0.6) is 5.75 Å². The average molecular weight is 322 g/mol. The van der Waals surface area contributed by atoms with E-state index in [-0.39, 0.29) is 11.4 Å². The van der Waals surface area contributed by atoms with E-state index in [4.69, 9.17) is 4.18 Å². The van der Waals surface area contributed by atoms with Gasteiger partial charge >= 0.3 is 10.3 Å². The number of hydrogen-bond acceptors (Lipinski definition) is 5. The number of non-ortho nitro benzene ring substituents is 1. The summed E-state index contributed by atoms with van der Waals surface area (Å²) in [5, 5.41) is 10.6. The van der Waals surface area contributed by atoms with E-state index >= 15 is 0 Å². The van der Waals surface area contributed by atoms with E-state index in [9.17, 15) is 18.5 Å². The molecule has 0 bridgehead atoms. The first-order chi connectivity index (χ1) is 10.3. The molecule has 0 saturated heterocycles. The molecular formula is C14H14N2O5S. The lowest BCUT2D eigenvalue weighted by atomic mass is 10.1. The van der Waals surface area contributed by atoms with Crippen LogP contribution in [0.1, 0.15) is 0 Å². The van der Waals surface area contributed by atoms with E-state index in [1.807, 2.05) is 0 Å². The third-order valence-electron chi connectivity index (χ3n) is 2.91. The van der Waals surface area contributed by atoms with Crippen molar-refractivity contribution in [2.24, 2.45) is 0 Å². The molecule has 0 saturated carbocycles. The Morgan fingerprint density at radius 3 is 1.82 bits per heavy atom. The summed E-state index contributed by atoms with van der Waals surface area (Å²) in [5.41, 5.74) is 1.60. The van der Waals surface area contributed by atoms with E-state index in [0.29, 0.717) is 0 Å². The molecule has 2 aromatic rings. The molecule has 22 heavy (non-hydrogen) atoms. The van der Waals surface area contributed by atoms with Gasteiger partial charge in [-0.2, -0.15) is 12.7 Å². The molecule has 116 valence electrons. The molecule has 8 heteroatoms. The maximum Gasteiger partial charge on any atom is 0.384 e. The van der Waals surface area contributed by atoms with Crippen molar-refractivity contribution in [3.8, 4) is 16.9 Å². The first-order valence-electron chi connectivity index (χ1n) is 6.26. The van der Waals surface area contributed by atoms with Crippen LogP contribution in [0.15, 0.2) is 48.5 Å². The Bertz CT molecular complexity index is 768. The fraction of sp³-hybridized carbons (Fsp3) is 0.143. The van der Waals surface area contributed by atoms with Crippen molar-refractivity contribution in [1.29, 1.82) is 0 Å². The second-order valence-corrected chi connectivity index (χ2v) is 6.40. The Kier molecular flexibility index (Phi) is 4.43. The summed E-state index contributed by atoms with van der Waals surface area (Å²) in [6, 6.07) is 12.5. The molecule has 0 amide bonds. The van der Waals surface area contributed by atoms with Gasteiger partial charge in [0.2, 0.25) is 0 Å². The highest BCUT2D eigenvalue weighted by molar-refractivity contribution is 7.84. The minimum atomic E-state index is -3.79. The maximum atomic E-state index is 11.6. The molecule has 0 heterocycles. The number of benzene rings is 2. The number of nitro groups is 1. The standard InChI is InChI=1S/C14H14N2O5S/c1-15(2)22(19,20)21-14-9-5-12(6-10-14)11-3-7-13(8-4-11)16(17)18/h3-10H,1-2H3. The number of nitro benzene ring substituents is 1. The van der Waals surface area contributed by atoms with E-state index < -0.39 is 15.2 Å². The zero-order valence-electron chi connectivity index (χ0n) is 12.0. The summed E-state index contributed by atoms with van der Waals surface area (Å²) in [4.78, 5) is 10.1. The molecule has 0 fully saturated rings. The highest BCUT2D eigenvalue weighted by Crippen LogP contribution is 2.25. The third-order valence-corrected chi connectivity index (χ3v) is 4.21. The van der Waals surface area contributed by atoms with Crippen LogP contribution in [-0.4, -0.2) is 31.7 Å². The molecule has 0 radical (unpaired) electrons. The lowest BCUT2D eigenvalue weighted by Crippen LogP contribution is -2.26. The van der Waals surface area contributed by atoms with Crippen LogP contribution in [-0.2, 0) is 10.3 Å². The summed E-state index contributed by atoms with van der Waals surface area (Å²) in [5.74, 6) is 0.194. The Morgan fingerprint density at radius 2 is 1.41 bits per heavy atom. The van der Waals surface area contributed by atoms with Crippen molar-refractivity contribution in [3.63, 3.8) is 0 Å². The van der Waals surface area contributed by atoms with Gasteiger partial charge in [0, 0.05) is 26.2 Å². The number of rotatable bonds is 5. The quantitative estimate of drug-likeness (QED) is 0.623. The van der Waals surface area contributed by atoms with Gasteiger partial charge in [-0.05, 0) is 35.4 Å². The Balaban J connectivity index is 2.20. The van der Waals surface area contributed by atoms with Crippen molar-refractivity contribution in [2.75, 3.05) is 14.1 Å². The second kappa shape index (κ2) is 6.12. The minimum Gasteiger partial charge on any atom is -0.371 e. The summed E-state index contributed by atoms with van der Waals surface area (Å²) in [6.45, 7) is 0. The highest BCUT2D eigenvalue weighted by Gasteiger charge is 2.15. The van der Waals surface area contributed by atoms with Gasteiger partial charge in [0.25, 0.3) is 5.69 Å². The monoisotopic (exact) mass is 322 g/mol. The van der Waals surface area contributed by atoms with Crippen molar-refractivity contribution >= 4 is 16.0 Å². The number of nitrogens with zero attached hydrogens (tertiary/aromatic N) is 2. The summed E-state index contributed by atoms with van der Waals surface area (Å²) < 4.78 is 29.1. The van der Waals surface area contributed by atoms with Crippen LogP contribution in [0.4, 0.5) is 5.69 Å². The predicted molar refractivity (Wildman–Crippen MR) is 81.8 cm³/mol. The van der Waals surface area contributed by atoms with Crippen LogP contribution in [0, 0.1) is 10.1 Å². The minimum absolute atomic E-state index is 0.0146. The fourth-order valence-corrected chi connectivity index (χ4v) is 2.18. The molecule has 0 aromatic heterocycles. The van der Waals surface area contributed by atoms with Gasteiger partial charge in [0.05, 0.1) is 4.92 Å². The SMILES string of the molecule is CN(C)S(=O)(=O)Oc1ccc(-c2ccc([N+](=O)[O-])cc2)cc1. The van der Waals surface area contributed by atoms with Gasteiger partial charge in [0.1, 0.15) is 5.75 Å². The van der Waals surface area contributed by atoms with Crippen molar-refractivity contribution < 1.29 is 17.5 Å². The van der Waals surface area contributed by atoms with Crippen molar-refractivity contribution in [2.45, 2.75) is 0 Å². The van der Waals surface area contributed by atoms with E-state index in [1.54, 1.807) is 24.3 Å². The van der Waals surface area contributed by atoms with Gasteiger partial charge in [-0.3, -0.25) is 10.1 Å². The molecule has 0 aliphatic rings. The average Bonchev–Trinajstić information content (AvgIpc) is 2.47. The van der Waals surface area contributed by atoms with Gasteiger partial charge in [0.15, 0.2) is 0 Å². The zero-order valence-corrected chi connectivity index (χ0v) is 12.8. The summed E-state index contributed by atoms with van der Waals surface area (Å²) in [6.07, 6.45) is 0. The van der Waals surface area contributed by atoms with Crippen molar-refractivity contribution in [1.82, 2.24) is 4.31 Å². The maximum absolute atomic E-state index is 11.6. The van der Waals surface area contributed by atoms with Crippen LogP contribution in [0.2, 0.25) is 0 Å². The van der Waals surface area contributed by atoms with E-state index in [0.717, 1.165) is 15.4 Å². The highest BCUT2D eigenvalue weighted by atomic mass is 32.2. The van der Waals surface area contributed by atoms with Gasteiger partial charge in [-0.1, -0.05) is 12.1 Å². The molecule has 2 rings (SSSR count). The first kappa shape index (κ1) is 15.9. The molecule has 7 nitrogen and oxygen atoms in total. The lowest BCUT2D eigenvalue weighted by Gasteiger charge is -2.12. The third kappa shape index (κ3) is 3.60. The lowest BCUT2D eigenvalue weighted by molar-refractivity contribution is -0.384. The molecule has 0 atom stereocenters. The molecule has 0 N–H and O–H groups in total. The number of hydrogen-bond donors (Lipinski definition) is 0. The molecule has 2 aromatic carbocycles. The normalized spacial score (nSPS) is 11.4. The zero-order chi connectivity index (χ0) is 16.3. The van der Waals surface area contributed by atoms with Crippen LogP contribution in [0.3, 0.4) is 0 Å². The molecule has 0 unspecified atom stereocenters. The first-order valence-corrected chi connectivity index (χ1v) is 7.63. The predicted octanol–water partition coefficient (Wildman–Crippen LogP) is 2.45. The smallest absolute Gasteiger partial charge is 0.371 e. The molecule has 0 aliphatic heterocycles. The summed E-state index contributed by atoms with van der Waals surface area (Å²) >= 11 is 0. The van der Waals surface area contributed by atoms with Gasteiger partial charge in [-0.15, -0.1) is 0 Å². The summed E-state index contributed by atoms with van der Waals surface area (Å²) in [7, 11) is -1.03. The molecule has 0 aliphatic carbocycles. The van der Waals surface area contributed by atoms with Crippen LogP contribution >= 0.6 is 0 Å². The largest absolute Gasteiger partial charge is 0.384 e. The van der Waals surface area contributed by atoms with E-state index in [1.165, 1.54) is 38.4 Å². The van der Waals surface area contributed by atoms with Gasteiger partial charge < -0.3 is 4.18 Å². The Hall–Kier alpha value is -2.45.